The number of aryl methyl sites for hydroxylation is 1. The summed E-state index contributed by atoms with van der Waals surface area (Å²) in [5.74, 6) is 0.537. The summed E-state index contributed by atoms with van der Waals surface area (Å²) in [7, 11) is 0. The first-order valence-electron chi connectivity index (χ1n) is 11.1. The van der Waals surface area contributed by atoms with Crippen molar-refractivity contribution in [3.8, 4) is 0 Å². The monoisotopic (exact) mass is 476 g/mol. The van der Waals surface area contributed by atoms with E-state index in [0.29, 0.717) is 18.0 Å². The van der Waals surface area contributed by atoms with E-state index in [-0.39, 0.29) is 0 Å². The second-order valence-corrected chi connectivity index (χ2v) is 9.88. The molecule has 0 radical (unpaired) electrons. The Kier molecular flexibility index (Phi) is 6.24. The van der Waals surface area contributed by atoms with E-state index in [1.807, 2.05) is 0 Å². The fraction of sp³-hybridized carbons (Fsp3) is 0.609. The quantitative estimate of drug-likeness (QED) is 0.598. The number of rotatable bonds is 5. The number of benzene rings is 1. The Bertz CT molecular complexity index is 904. The summed E-state index contributed by atoms with van der Waals surface area (Å²) in [5.41, 5.74) is 5.63. The van der Waals surface area contributed by atoms with E-state index in [9.17, 15) is 0 Å². The van der Waals surface area contributed by atoms with Crippen molar-refractivity contribution in [2.75, 3.05) is 26.2 Å². The number of nitrogens with zero attached hydrogens (tertiary/aromatic N) is 2. The smallest absolute Gasteiger partial charge is 0.169 e. The second-order valence-electron chi connectivity index (χ2n) is 8.57. The van der Waals surface area contributed by atoms with Crippen LogP contribution in [-0.4, -0.2) is 58.2 Å². The molecule has 1 aromatic heterocycles. The lowest BCUT2D eigenvalue weighted by Gasteiger charge is -2.48. The minimum Gasteiger partial charge on any atom is -0.359 e. The first-order chi connectivity index (χ1) is 14.0. The van der Waals surface area contributed by atoms with Gasteiger partial charge in [-0.3, -0.25) is 4.90 Å². The molecule has 2 heterocycles. The fourth-order valence-corrected chi connectivity index (χ4v) is 6.43. The van der Waals surface area contributed by atoms with Crippen molar-refractivity contribution >= 4 is 44.2 Å². The van der Waals surface area contributed by atoms with Crippen molar-refractivity contribution in [1.29, 1.82) is 0 Å². The van der Waals surface area contributed by atoms with Crippen LogP contribution in [0.1, 0.15) is 56.4 Å². The number of thiocarbonyl (C=S) groups is 1. The van der Waals surface area contributed by atoms with Crippen LogP contribution in [0.3, 0.4) is 0 Å². The zero-order chi connectivity index (χ0) is 20.7. The van der Waals surface area contributed by atoms with Crippen molar-refractivity contribution in [2.45, 2.75) is 65.0 Å². The number of H-pyrrole nitrogens is 1. The fourth-order valence-electron chi connectivity index (χ4n) is 5.53. The van der Waals surface area contributed by atoms with Gasteiger partial charge in [-0.1, -0.05) is 22.9 Å². The predicted molar refractivity (Wildman–Crippen MR) is 130 cm³/mol. The Morgan fingerprint density at radius 2 is 2.07 bits per heavy atom. The van der Waals surface area contributed by atoms with Crippen molar-refractivity contribution in [2.24, 2.45) is 0 Å². The minimum absolute atomic E-state index is 0.395. The summed E-state index contributed by atoms with van der Waals surface area (Å²) in [6, 6.07) is 5.57. The van der Waals surface area contributed by atoms with E-state index >= 15 is 0 Å². The average Bonchev–Trinajstić information content (AvgIpc) is 2.99. The van der Waals surface area contributed by atoms with Gasteiger partial charge >= 0.3 is 0 Å². The van der Waals surface area contributed by atoms with Gasteiger partial charge in [-0.15, -0.1) is 0 Å². The van der Waals surface area contributed by atoms with Crippen LogP contribution in [0.5, 0.6) is 0 Å². The number of nitrogens with one attached hydrogen (secondary N) is 2. The van der Waals surface area contributed by atoms with Gasteiger partial charge in [0.25, 0.3) is 0 Å². The lowest BCUT2D eigenvalue weighted by atomic mass is 9.73. The lowest BCUT2D eigenvalue weighted by Crippen LogP contribution is -2.57. The molecule has 1 unspecified atom stereocenters. The lowest BCUT2D eigenvalue weighted by molar-refractivity contribution is 0.104. The highest BCUT2D eigenvalue weighted by Crippen LogP contribution is 2.45. The number of fused-ring (bicyclic) bond motifs is 2. The molecule has 4 rings (SSSR count). The molecule has 2 aromatic rings. The van der Waals surface area contributed by atoms with Crippen LogP contribution in [0, 0.1) is 6.92 Å². The van der Waals surface area contributed by atoms with Gasteiger partial charge in [-0.25, -0.2) is 0 Å². The Labute approximate surface area is 188 Å². The Morgan fingerprint density at radius 3 is 2.76 bits per heavy atom. The van der Waals surface area contributed by atoms with Gasteiger partial charge in [0.2, 0.25) is 0 Å². The van der Waals surface area contributed by atoms with Crippen LogP contribution in [0.2, 0.25) is 0 Å². The predicted octanol–water partition coefficient (Wildman–Crippen LogP) is 4.95. The van der Waals surface area contributed by atoms with Crippen LogP contribution in [0.15, 0.2) is 16.6 Å². The molecule has 0 amide bonds. The van der Waals surface area contributed by atoms with E-state index < -0.39 is 0 Å². The SMILES string of the molecule is CCCN1C[C@@H](NC(=S)N(CC)CC)CC2c3cc(Br)cc4[nH]c(C)c(c34)C[C@H]21. The van der Waals surface area contributed by atoms with Gasteiger partial charge in [0, 0.05) is 58.7 Å². The van der Waals surface area contributed by atoms with Gasteiger partial charge < -0.3 is 15.2 Å². The topological polar surface area (TPSA) is 34.3 Å². The molecule has 29 heavy (non-hydrogen) atoms. The van der Waals surface area contributed by atoms with Crippen LogP contribution < -0.4 is 5.32 Å². The summed E-state index contributed by atoms with van der Waals surface area (Å²) in [6.45, 7) is 13.0. The first kappa shape index (κ1) is 21.1. The number of hydrogen-bond acceptors (Lipinski definition) is 2. The number of halogens is 1. The maximum atomic E-state index is 5.74. The molecule has 1 aromatic carbocycles. The number of likely N-dealkylation sites (tertiary alicyclic amines) is 1. The van der Waals surface area contributed by atoms with Gasteiger partial charge in [-0.05, 0) is 82.1 Å². The highest BCUT2D eigenvalue weighted by atomic mass is 79.9. The number of aromatic nitrogens is 1. The van der Waals surface area contributed by atoms with Gasteiger partial charge in [-0.2, -0.15) is 0 Å². The average molecular weight is 478 g/mol. The summed E-state index contributed by atoms with van der Waals surface area (Å²) in [6.07, 6.45) is 3.48. The van der Waals surface area contributed by atoms with E-state index in [0.717, 1.165) is 44.1 Å². The molecule has 1 saturated heterocycles. The molecule has 1 fully saturated rings. The minimum atomic E-state index is 0.395. The molecule has 1 aliphatic carbocycles. The van der Waals surface area contributed by atoms with Gasteiger partial charge in [0.1, 0.15) is 0 Å². The molecule has 2 N–H and O–H groups in total. The van der Waals surface area contributed by atoms with E-state index in [1.165, 1.54) is 38.6 Å². The Hall–Kier alpha value is -1.11. The largest absolute Gasteiger partial charge is 0.359 e. The molecule has 6 heteroatoms. The van der Waals surface area contributed by atoms with Crippen molar-refractivity contribution < 1.29 is 0 Å². The first-order valence-corrected chi connectivity index (χ1v) is 12.3. The Balaban J connectivity index is 1.69. The number of hydrogen-bond donors (Lipinski definition) is 2. The molecular formula is C23H33BrN4S. The zero-order valence-electron chi connectivity index (χ0n) is 18.0. The van der Waals surface area contributed by atoms with Gasteiger partial charge in [0.15, 0.2) is 5.11 Å². The van der Waals surface area contributed by atoms with Crippen molar-refractivity contribution in [3.05, 3.63) is 33.4 Å². The summed E-state index contributed by atoms with van der Waals surface area (Å²) < 4.78 is 1.17. The normalized spacial score (nSPS) is 23.8. The highest BCUT2D eigenvalue weighted by Gasteiger charge is 2.41. The molecule has 0 bridgehead atoms. The summed E-state index contributed by atoms with van der Waals surface area (Å²) in [4.78, 5) is 8.61. The third-order valence-electron chi connectivity index (χ3n) is 6.84. The van der Waals surface area contributed by atoms with Crippen molar-refractivity contribution in [3.63, 3.8) is 0 Å². The third kappa shape index (κ3) is 3.84. The van der Waals surface area contributed by atoms with Crippen LogP contribution in [0.4, 0.5) is 0 Å². The zero-order valence-corrected chi connectivity index (χ0v) is 20.4. The third-order valence-corrected chi connectivity index (χ3v) is 7.67. The summed E-state index contributed by atoms with van der Waals surface area (Å²) in [5, 5.41) is 6.09. The molecule has 1 aliphatic heterocycles. The Morgan fingerprint density at radius 1 is 1.31 bits per heavy atom. The summed E-state index contributed by atoms with van der Waals surface area (Å²) >= 11 is 9.50. The second kappa shape index (κ2) is 8.56. The molecule has 3 atom stereocenters. The molecule has 158 valence electrons. The molecule has 2 aliphatic rings. The van der Waals surface area contributed by atoms with E-state index in [2.05, 4.69) is 75.9 Å². The number of piperidine rings is 1. The van der Waals surface area contributed by atoms with E-state index in [4.69, 9.17) is 12.2 Å². The molecule has 4 nitrogen and oxygen atoms in total. The standard InChI is InChI=1S/C23H33BrN4S/c1-5-8-28-13-16(26-23(29)27(6-2)7-3)11-18-19-9-15(24)10-20-22(19)17(12-21(18)28)14(4)25-20/h9-10,16,18,21,25H,5-8,11-13H2,1-4H3,(H,26,29)/t16-,18?,21+/m0/s1. The highest BCUT2D eigenvalue weighted by molar-refractivity contribution is 9.10. The number of aromatic amines is 1. The molecular weight excluding hydrogens is 444 g/mol. The van der Waals surface area contributed by atoms with Crippen molar-refractivity contribution in [1.82, 2.24) is 20.1 Å². The van der Waals surface area contributed by atoms with Crippen LogP contribution >= 0.6 is 28.1 Å². The maximum absolute atomic E-state index is 5.74. The van der Waals surface area contributed by atoms with Crippen LogP contribution in [-0.2, 0) is 6.42 Å². The van der Waals surface area contributed by atoms with Gasteiger partial charge in [0.05, 0.1) is 0 Å². The van der Waals surface area contributed by atoms with Crippen LogP contribution in [0.25, 0.3) is 10.9 Å². The molecule has 0 saturated carbocycles. The maximum Gasteiger partial charge on any atom is 0.169 e. The molecule has 0 spiro atoms. The van der Waals surface area contributed by atoms with E-state index in [1.54, 1.807) is 0 Å².